The minimum absolute atomic E-state index is 0.0932. The molecule has 1 aliphatic heterocycles. The Morgan fingerprint density at radius 2 is 0.469 bits per heavy atom. The number of rotatable bonds is 0. The normalized spacial score (nSPS) is 21.3. The monoisotopic (exact) mass is 906 g/mol. The van der Waals surface area contributed by atoms with Gasteiger partial charge in [-0.2, -0.15) is 0 Å². The van der Waals surface area contributed by atoms with Crippen LogP contribution in [0.5, 0.6) is 0 Å². The lowest BCUT2D eigenvalue weighted by Crippen LogP contribution is -2.25. The van der Waals surface area contributed by atoms with E-state index in [0.717, 1.165) is 6.42 Å². The molecule has 0 radical (unpaired) electrons. The van der Waals surface area contributed by atoms with E-state index in [9.17, 15) is 0 Å². The van der Waals surface area contributed by atoms with Gasteiger partial charge in [0.25, 0.3) is 0 Å². The Bertz CT molecular complexity index is 2740. The molecule has 4 N–H and O–H groups in total. The molecule has 0 spiro atoms. The fraction of sp³-hybridized carbons (Fsp3) is 0.439. The van der Waals surface area contributed by atoms with E-state index in [1.807, 2.05) is 34.0 Å². The first kappa shape index (κ1) is 44.9. The molecule has 0 saturated heterocycles. The maximum atomic E-state index is 3.96. The first-order valence-electron chi connectivity index (χ1n) is 23.2. The summed E-state index contributed by atoms with van der Waals surface area (Å²) in [6.45, 7) is 37.9. The second kappa shape index (κ2) is 14.6. The van der Waals surface area contributed by atoms with Crippen LogP contribution in [0.2, 0.25) is 0 Å². The van der Waals surface area contributed by atoms with Gasteiger partial charge in [-0.15, -0.1) is 34.0 Å². The van der Waals surface area contributed by atoms with Crippen molar-refractivity contribution in [1.82, 2.24) is 19.9 Å². The molecule has 0 saturated carbocycles. The molecular weight excluding hydrogens is 837 g/mol. The van der Waals surface area contributed by atoms with Crippen molar-refractivity contribution in [2.75, 3.05) is 0 Å². The molecule has 7 aromatic heterocycles. The number of aromatic amines is 4. The summed E-state index contributed by atoms with van der Waals surface area (Å²) in [5.74, 6) is 0. The smallest absolute Gasteiger partial charge is 0.0447 e. The van der Waals surface area contributed by atoms with Gasteiger partial charge in [0, 0.05) is 118 Å². The number of aromatic nitrogens is 4. The van der Waals surface area contributed by atoms with Crippen LogP contribution in [-0.4, -0.2) is 19.9 Å². The molecule has 1 aliphatic carbocycles. The minimum atomic E-state index is -0.244. The average Bonchev–Trinajstić information content (AvgIpc) is 4.11. The highest BCUT2D eigenvalue weighted by molar-refractivity contribution is 7.13. The second-order valence-electron chi connectivity index (χ2n) is 23.2. The Morgan fingerprint density at radius 1 is 0.266 bits per heavy atom. The zero-order chi connectivity index (χ0) is 46.2. The van der Waals surface area contributed by atoms with E-state index in [1.165, 1.54) is 86.0 Å². The predicted molar refractivity (Wildman–Crippen MR) is 276 cm³/mol. The number of hydrogen-bond donors (Lipinski definition) is 4. The number of thiophene rings is 3. The van der Waals surface area contributed by atoms with Crippen LogP contribution in [0.25, 0.3) is 0 Å². The van der Waals surface area contributed by atoms with Gasteiger partial charge in [-0.3, -0.25) is 0 Å². The molecular formula is C57H70N4S3. The molecule has 16 bridgehead atoms. The largest absolute Gasteiger partial charge is 0.361 e. The molecule has 64 heavy (non-hydrogen) atoms. The van der Waals surface area contributed by atoms with E-state index < -0.39 is 0 Å². The fourth-order valence-corrected chi connectivity index (χ4v) is 13.8. The first-order valence-corrected chi connectivity index (χ1v) is 25.7. The van der Waals surface area contributed by atoms with E-state index in [4.69, 9.17) is 0 Å². The van der Waals surface area contributed by atoms with Gasteiger partial charge in [0.15, 0.2) is 0 Å². The van der Waals surface area contributed by atoms with Crippen molar-refractivity contribution >= 4 is 34.0 Å². The van der Waals surface area contributed by atoms with Crippen molar-refractivity contribution in [2.45, 2.75) is 161 Å². The standard InChI is InChI=1S/C57H70N4S3/c1-50(2)34-17-18-35(33-34)51(3,4)44-27-28-45(62-44)54(9,10)40-23-24-41(60-40)55(11,12)48-31-32-49(64-48)57(15,16)43-26-25-42(61-43)56(13,14)47-30-29-46(63-47)53(7,8)39-22-21-38(59-39)52(5,6)37-20-19-36(50)58-37/h17-32,58-61H,33H2,1-16H3. The van der Waals surface area contributed by atoms with Crippen molar-refractivity contribution in [3.8, 4) is 0 Å². The summed E-state index contributed by atoms with van der Waals surface area (Å²) >= 11 is 5.84. The molecule has 8 heterocycles. The van der Waals surface area contributed by atoms with Gasteiger partial charge in [0.1, 0.15) is 0 Å². The molecule has 2 aliphatic rings. The Morgan fingerprint density at radius 3 is 0.734 bits per heavy atom. The number of hydrogen-bond acceptors (Lipinski definition) is 3. The van der Waals surface area contributed by atoms with Crippen LogP contribution >= 0.6 is 34.0 Å². The van der Waals surface area contributed by atoms with Gasteiger partial charge in [0.2, 0.25) is 0 Å². The lowest BCUT2D eigenvalue weighted by molar-refractivity contribution is 0.551. The third-order valence-corrected chi connectivity index (χ3v) is 21.3. The SMILES string of the molecule is CC1(C)C2=CC=C(C2)C(C)(C)c2ccc(s2)C(C)(C)c2ccc([nH]2)C(C)(C)c2ccc(s2)C(C)(C)c2ccc([nH]2)C(C)(C)c2ccc(s2)C(C)(C)c2ccc([nH]2)C(C)(C)c2ccc1[nH]2. The molecule has 9 rings (SSSR count). The van der Waals surface area contributed by atoms with Gasteiger partial charge in [-0.05, 0) is 174 Å². The van der Waals surface area contributed by atoms with E-state index in [2.05, 4.69) is 228 Å². The van der Waals surface area contributed by atoms with Crippen molar-refractivity contribution in [2.24, 2.45) is 0 Å². The number of nitrogens with one attached hydrogen (secondary N) is 4. The summed E-state index contributed by atoms with van der Waals surface area (Å²) in [4.78, 5) is 24.0. The van der Waals surface area contributed by atoms with Crippen LogP contribution in [0.3, 0.4) is 0 Å². The fourth-order valence-electron chi connectivity index (χ4n) is 10.0. The Balaban J connectivity index is 1.11. The third kappa shape index (κ3) is 6.92. The second-order valence-corrected chi connectivity index (χ2v) is 26.4. The summed E-state index contributed by atoms with van der Waals surface area (Å²) in [6, 6.07) is 32.7. The van der Waals surface area contributed by atoms with E-state index >= 15 is 0 Å². The molecule has 7 heteroatoms. The summed E-state index contributed by atoms with van der Waals surface area (Å²) < 4.78 is 0. The number of H-pyrrole nitrogens is 4. The molecule has 4 nitrogen and oxygen atoms in total. The molecule has 0 fully saturated rings. The van der Waals surface area contributed by atoms with Gasteiger partial charge in [-0.1, -0.05) is 51.0 Å². The van der Waals surface area contributed by atoms with Crippen LogP contribution < -0.4 is 0 Å². The van der Waals surface area contributed by atoms with Crippen LogP contribution in [0, 0.1) is 0 Å². The van der Waals surface area contributed by atoms with Gasteiger partial charge in [0.05, 0.1) is 0 Å². The zero-order valence-corrected chi connectivity index (χ0v) is 43.6. The molecule has 336 valence electrons. The van der Waals surface area contributed by atoms with E-state index in [0.29, 0.717) is 0 Å². The van der Waals surface area contributed by atoms with Crippen molar-refractivity contribution in [3.05, 3.63) is 183 Å². The van der Waals surface area contributed by atoms with Crippen molar-refractivity contribution in [3.63, 3.8) is 0 Å². The van der Waals surface area contributed by atoms with Crippen LogP contribution in [-0.2, 0) is 43.3 Å². The number of allylic oxidation sites excluding steroid dienone is 4. The lowest BCUT2D eigenvalue weighted by atomic mass is 9.75. The molecule has 0 aromatic carbocycles. The van der Waals surface area contributed by atoms with Crippen molar-refractivity contribution in [1.29, 1.82) is 0 Å². The summed E-state index contributed by atoms with van der Waals surface area (Å²) in [5, 5.41) is 0. The molecule has 7 aromatic rings. The Kier molecular flexibility index (Phi) is 10.2. The summed E-state index contributed by atoms with van der Waals surface area (Å²) in [5.41, 5.74) is 11.4. The number of fused-ring (bicyclic) bond motifs is 16. The van der Waals surface area contributed by atoms with Gasteiger partial charge in [-0.25, -0.2) is 0 Å². The predicted octanol–water partition coefficient (Wildman–Crippen LogP) is 16.0. The Hall–Kier alpha value is -4.30. The average molecular weight is 907 g/mol. The highest BCUT2D eigenvalue weighted by Crippen LogP contribution is 2.50. The van der Waals surface area contributed by atoms with Gasteiger partial charge >= 0.3 is 0 Å². The highest BCUT2D eigenvalue weighted by Gasteiger charge is 2.40. The summed E-state index contributed by atoms with van der Waals surface area (Å²) in [6.07, 6.45) is 5.77. The zero-order valence-electron chi connectivity index (χ0n) is 41.2. The highest BCUT2D eigenvalue weighted by atomic mass is 32.1. The molecule has 0 atom stereocenters. The van der Waals surface area contributed by atoms with Crippen molar-refractivity contribution < 1.29 is 0 Å². The minimum Gasteiger partial charge on any atom is -0.361 e. The first-order chi connectivity index (χ1) is 29.7. The molecule has 0 amide bonds. The van der Waals surface area contributed by atoms with Gasteiger partial charge < -0.3 is 19.9 Å². The molecule has 0 unspecified atom stereocenters. The van der Waals surface area contributed by atoms with E-state index in [-0.39, 0.29) is 43.3 Å². The van der Waals surface area contributed by atoms with Crippen LogP contribution in [0.1, 0.15) is 192 Å². The maximum absolute atomic E-state index is 3.96. The lowest BCUT2D eigenvalue weighted by Gasteiger charge is -2.31. The quantitative estimate of drug-likeness (QED) is 0.117. The van der Waals surface area contributed by atoms with E-state index in [1.54, 1.807) is 0 Å². The maximum Gasteiger partial charge on any atom is 0.0447 e. The topological polar surface area (TPSA) is 63.2 Å². The Labute approximate surface area is 395 Å². The van der Waals surface area contributed by atoms with Crippen LogP contribution in [0.15, 0.2) is 108 Å². The third-order valence-electron chi connectivity index (χ3n) is 16.1. The van der Waals surface area contributed by atoms with Crippen LogP contribution in [0.4, 0.5) is 0 Å². The summed E-state index contributed by atoms with van der Waals surface area (Å²) in [7, 11) is 0.